The quantitative estimate of drug-likeness (QED) is 0.243. The standard InChI is InChI=1S/C11H14N2O2.C9H9N.C8H9NO2/c1-9-4-5-10(6-7-12(2)3)11(8-9)13(14)15;1-7-2-3-8-4-5-10-9(8)6-7;1-6-3-4-7(2)8(5-6)9(10)11/h4-8H,1-3H3;2-6,10H,1H3;3-5H,1-2H3/b7-6+;;. The van der Waals surface area contributed by atoms with Crippen molar-refractivity contribution in [2.45, 2.75) is 27.7 Å². The maximum absolute atomic E-state index is 10.8. The van der Waals surface area contributed by atoms with Crippen molar-refractivity contribution in [3.63, 3.8) is 0 Å². The SMILES string of the molecule is Cc1ccc(/C=C/N(C)C)c([N+](=O)[O-])c1.Cc1ccc(C)c([N+](=O)[O-])c1.Cc1ccc2cc[nH]c2c1. The van der Waals surface area contributed by atoms with Crippen LogP contribution in [-0.2, 0) is 0 Å². The second kappa shape index (κ2) is 12.9. The number of nitro groups is 2. The molecule has 36 heavy (non-hydrogen) atoms. The number of rotatable bonds is 4. The summed E-state index contributed by atoms with van der Waals surface area (Å²) < 4.78 is 0. The Labute approximate surface area is 211 Å². The number of H-pyrrole nitrogens is 1. The minimum Gasteiger partial charge on any atom is -0.383 e. The summed E-state index contributed by atoms with van der Waals surface area (Å²) in [6.45, 7) is 7.51. The molecule has 0 unspecified atom stereocenters. The Bertz CT molecular complexity index is 1370. The molecule has 0 amide bonds. The lowest BCUT2D eigenvalue weighted by atomic mass is 10.1. The molecule has 1 N–H and O–H groups in total. The highest BCUT2D eigenvalue weighted by atomic mass is 16.6. The van der Waals surface area contributed by atoms with Crippen molar-refractivity contribution in [2.75, 3.05) is 14.1 Å². The number of nitro benzene ring substituents is 2. The molecule has 0 radical (unpaired) electrons. The van der Waals surface area contributed by atoms with Crippen molar-refractivity contribution < 1.29 is 9.85 Å². The summed E-state index contributed by atoms with van der Waals surface area (Å²) in [5, 5.41) is 22.4. The Hall–Kier alpha value is -4.46. The van der Waals surface area contributed by atoms with E-state index in [4.69, 9.17) is 0 Å². The zero-order valence-corrected chi connectivity index (χ0v) is 21.5. The molecule has 0 bridgehead atoms. The summed E-state index contributed by atoms with van der Waals surface area (Å²) in [6.07, 6.45) is 5.49. The van der Waals surface area contributed by atoms with Gasteiger partial charge in [0.05, 0.1) is 15.4 Å². The van der Waals surface area contributed by atoms with Crippen molar-refractivity contribution in [3.8, 4) is 0 Å². The molecule has 0 fully saturated rings. The molecule has 0 saturated carbocycles. The van der Waals surface area contributed by atoms with Gasteiger partial charge in [0.15, 0.2) is 0 Å². The summed E-state index contributed by atoms with van der Waals surface area (Å²) in [4.78, 5) is 25.4. The van der Waals surface area contributed by atoms with Crippen LogP contribution in [0.4, 0.5) is 11.4 Å². The van der Waals surface area contributed by atoms with Gasteiger partial charge in [0.2, 0.25) is 0 Å². The smallest absolute Gasteiger partial charge is 0.276 e. The summed E-state index contributed by atoms with van der Waals surface area (Å²) in [6, 6.07) is 18.9. The predicted octanol–water partition coefficient (Wildman–Crippen LogP) is 7.12. The van der Waals surface area contributed by atoms with E-state index in [1.165, 1.54) is 16.5 Å². The van der Waals surface area contributed by atoms with Crippen LogP contribution in [-0.4, -0.2) is 33.8 Å². The predicted molar refractivity (Wildman–Crippen MR) is 146 cm³/mol. The third-order valence-electron chi connectivity index (χ3n) is 5.21. The Morgan fingerprint density at radius 1 is 0.750 bits per heavy atom. The van der Waals surface area contributed by atoms with E-state index in [0.29, 0.717) is 11.1 Å². The van der Waals surface area contributed by atoms with Gasteiger partial charge < -0.3 is 9.88 Å². The maximum Gasteiger partial charge on any atom is 0.276 e. The fourth-order valence-corrected chi connectivity index (χ4v) is 3.26. The van der Waals surface area contributed by atoms with Gasteiger partial charge in [0.1, 0.15) is 0 Å². The second-order valence-corrected chi connectivity index (χ2v) is 8.71. The van der Waals surface area contributed by atoms with E-state index in [1.807, 2.05) is 51.2 Å². The minimum absolute atomic E-state index is 0.146. The van der Waals surface area contributed by atoms with Crippen LogP contribution in [0.1, 0.15) is 27.8 Å². The fraction of sp³-hybridized carbons (Fsp3) is 0.214. The normalized spacial score (nSPS) is 10.3. The van der Waals surface area contributed by atoms with E-state index in [2.05, 4.69) is 36.2 Å². The zero-order valence-electron chi connectivity index (χ0n) is 21.5. The lowest BCUT2D eigenvalue weighted by Gasteiger charge is -2.04. The summed E-state index contributed by atoms with van der Waals surface area (Å²) >= 11 is 0. The molecular weight excluding hydrogens is 456 g/mol. The van der Waals surface area contributed by atoms with E-state index in [-0.39, 0.29) is 21.2 Å². The number of aromatic nitrogens is 1. The van der Waals surface area contributed by atoms with Crippen LogP contribution in [0.3, 0.4) is 0 Å². The van der Waals surface area contributed by atoms with Crippen LogP contribution in [0, 0.1) is 47.9 Å². The maximum atomic E-state index is 10.8. The van der Waals surface area contributed by atoms with Crippen molar-refractivity contribution in [1.82, 2.24) is 9.88 Å². The average Bonchev–Trinajstić information content (AvgIpc) is 3.28. The van der Waals surface area contributed by atoms with Crippen LogP contribution < -0.4 is 0 Å². The first-order valence-electron chi connectivity index (χ1n) is 11.3. The van der Waals surface area contributed by atoms with Crippen LogP contribution in [0.15, 0.2) is 73.1 Å². The van der Waals surface area contributed by atoms with Crippen molar-refractivity contribution in [3.05, 3.63) is 121 Å². The molecule has 8 nitrogen and oxygen atoms in total. The molecule has 0 aliphatic rings. The topological polar surface area (TPSA) is 105 Å². The summed E-state index contributed by atoms with van der Waals surface area (Å²) in [5.41, 5.74) is 6.01. The van der Waals surface area contributed by atoms with Gasteiger partial charge in [-0.1, -0.05) is 30.3 Å². The Morgan fingerprint density at radius 2 is 1.31 bits per heavy atom. The van der Waals surface area contributed by atoms with Crippen molar-refractivity contribution >= 4 is 28.4 Å². The number of benzene rings is 3. The molecule has 0 saturated heterocycles. The van der Waals surface area contributed by atoms with Gasteiger partial charge in [-0.05, 0) is 80.2 Å². The molecule has 3 aromatic carbocycles. The molecule has 4 rings (SSSR count). The molecule has 4 aromatic rings. The van der Waals surface area contributed by atoms with Crippen molar-refractivity contribution in [2.24, 2.45) is 0 Å². The van der Waals surface area contributed by atoms with E-state index in [1.54, 1.807) is 43.5 Å². The van der Waals surface area contributed by atoms with Crippen molar-refractivity contribution in [1.29, 1.82) is 0 Å². The first-order valence-corrected chi connectivity index (χ1v) is 11.3. The first kappa shape index (κ1) is 27.8. The Kier molecular flexibility index (Phi) is 9.92. The van der Waals surface area contributed by atoms with Gasteiger partial charge in [-0.2, -0.15) is 0 Å². The van der Waals surface area contributed by atoms with Crippen LogP contribution >= 0.6 is 0 Å². The van der Waals surface area contributed by atoms with Gasteiger partial charge in [0.25, 0.3) is 11.4 Å². The number of aromatic amines is 1. The molecule has 188 valence electrons. The monoisotopic (exact) mass is 488 g/mol. The Balaban J connectivity index is 0.000000195. The van der Waals surface area contributed by atoms with Gasteiger partial charge in [-0.25, -0.2) is 0 Å². The number of aryl methyl sites for hydroxylation is 4. The second-order valence-electron chi connectivity index (χ2n) is 8.71. The molecular formula is C28H32N4O4. The molecule has 0 aliphatic heterocycles. The van der Waals surface area contributed by atoms with Crippen LogP contribution in [0.5, 0.6) is 0 Å². The molecule has 1 heterocycles. The van der Waals surface area contributed by atoms with Gasteiger partial charge >= 0.3 is 0 Å². The summed E-state index contributed by atoms with van der Waals surface area (Å²) in [7, 11) is 3.74. The number of hydrogen-bond donors (Lipinski definition) is 1. The third kappa shape index (κ3) is 8.39. The number of nitrogens with one attached hydrogen (secondary N) is 1. The van der Waals surface area contributed by atoms with E-state index in [0.717, 1.165) is 11.1 Å². The largest absolute Gasteiger partial charge is 0.383 e. The number of nitrogens with zero attached hydrogens (tertiary/aromatic N) is 3. The lowest BCUT2D eigenvalue weighted by molar-refractivity contribution is -0.385. The molecule has 0 spiro atoms. The van der Waals surface area contributed by atoms with E-state index < -0.39 is 0 Å². The van der Waals surface area contributed by atoms with Crippen LogP contribution in [0.25, 0.3) is 17.0 Å². The average molecular weight is 489 g/mol. The first-order chi connectivity index (χ1) is 17.0. The number of fused-ring (bicyclic) bond motifs is 1. The molecule has 1 aromatic heterocycles. The van der Waals surface area contributed by atoms with Gasteiger partial charge in [-0.15, -0.1) is 0 Å². The van der Waals surface area contributed by atoms with Crippen LogP contribution in [0.2, 0.25) is 0 Å². The summed E-state index contributed by atoms with van der Waals surface area (Å²) in [5.74, 6) is 0. The highest BCUT2D eigenvalue weighted by Crippen LogP contribution is 2.21. The molecule has 0 aliphatic carbocycles. The van der Waals surface area contributed by atoms with Gasteiger partial charge in [-0.3, -0.25) is 20.2 Å². The third-order valence-corrected chi connectivity index (χ3v) is 5.21. The number of hydrogen-bond acceptors (Lipinski definition) is 5. The van der Waals surface area contributed by atoms with E-state index >= 15 is 0 Å². The highest BCUT2D eigenvalue weighted by Gasteiger charge is 2.11. The van der Waals surface area contributed by atoms with Gasteiger partial charge in [0, 0.05) is 43.5 Å². The van der Waals surface area contributed by atoms with E-state index in [9.17, 15) is 20.2 Å². The fourth-order valence-electron chi connectivity index (χ4n) is 3.26. The molecule has 0 atom stereocenters. The highest BCUT2D eigenvalue weighted by molar-refractivity contribution is 5.79. The Morgan fingerprint density at radius 3 is 1.89 bits per heavy atom. The molecule has 8 heteroatoms. The zero-order chi connectivity index (χ0) is 26.8. The lowest BCUT2D eigenvalue weighted by Crippen LogP contribution is -2.00. The minimum atomic E-state index is -0.359.